The van der Waals surface area contributed by atoms with E-state index >= 15 is 0 Å². The van der Waals surface area contributed by atoms with Crippen LogP contribution in [0.5, 0.6) is 5.75 Å². The normalized spacial score (nSPS) is 30.9. The Bertz CT molecular complexity index is 1770. The van der Waals surface area contributed by atoms with Crippen molar-refractivity contribution < 1.29 is 27.5 Å². The largest absolute Gasteiger partial charge is 0.487 e. The van der Waals surface area contributed by atoms with E-state index in [1.165, 1.54) is 0 Å². The highest BCUT2D eigenvalue weighted by atomic mass is 35.5. The van der Waals surface area contributed by atoms with Crippen LogP contribution in [0.4, 0.5) is 5.69 Å². The van der Waals surface area contributed by atoms with Crippen LogP contribution >= 0.6 is 11.6 Å². The predicted octanol–water partition coefficient (Wildman–Crippen LogP) is 6.16. The third-order valence-electron chi connectivity index (χ3n) is 12.5. The molecule has 3 aliphatic heterocycles. The predicted molar refractivity (Wildman–Crippen MR) is 210 cm³/mol. The second-order valence-corrected chi connectivity index (χ2v) is 18.4. The number of nitrogens with zero attached hydrogens (tertiary/aromatic N) is 2. The highest BCUT2D eigenvalue weighted by Crippen LogP contribution is 2.54. The summed E-state index contributed by atoms with van der Waals surface area (Å²) in [6, 6.07) is 11.3. The molecule has 290 valence electrons. The highest BCUT2D eigenvalue weighted by molar-refractivity contribution is 7.90. The Morgan fingerprint density at radius 2 is 1.91 bits per heavy atom. The monoisotopic (exact) mass is 768 g/mol. The number of halogens is 1. The van der Waals surface area contributed by atoms with Gasteiger partial charge in [-0.3, -0.25) is 14.5 Å². The zero-order valence-corrected chi connectivity index (χ0v) is 33.3. The van der Waals surface area contributed by atoms with Crippen LogP contribution in [0.1, 0.15) is 87.2 Å². The van der Waals surface area contributed by atoms with Gasteiger partial charge in [0, 0.05) is 68.9 Å². The molecule has 1 aliphatic carbocycles. The smallest absolute Gasteiger partial charge is 0.264 e. The summed E-state index contributed by atoms with van der Waals surface area (Å²) in [5.74, 6) is -0.474. The van der Waals surface area contributed by atoms with Crippen LogP contribution in [0.25, 0.3) is 0 Å². The second-order valence-electron chi connectivity index (χ2n) is 16.0. The van der Waals surface area contributed by atoms with Gasteiger partial charge in [-0.05, 0) is 117 Å². The topological polar surface area (TPSA) is 117 Å². The van der Waals surface area contributed by atoms with E-state index in [2.05, 4.69) is 33.7 Å². The number of allylic oxidation sites excluding steroid dienone is 1. The Morgan fingerprint density at radius 3 is 2.62 bits per heavy atom. The molecule has 6 atom stereocenters. The molecule has 2 fully saturated rings. The molecule has 2 N–H and O–H groups in total. The number of nitrogens with one attached hydrogen (secondary N) is 2. The van der Waals surface area contributed by atoms with E-state index in [1.807, 2.05) is 37.3 Å². The molecule has 0 aromatic heterocycles. The molecule has 12 heteroatoms. The molecule has 1 saturated heterocycles. The van der Waals surface area contributed by atoms with E-state index in [9.17, 15) is 18.0 Å². The summed E-state index contributed by atoms with van der Waals surface area (Å²) in [4.78, 5) is 31.7. The fraction of sp³-hybridized carbons (Fsp3) is 0.610. The van der Waals surface area contributed by atoms with Crippen LogP contribution in [0.3, 0.4) is 0 Å². The summed E-state index contributed by atoms with van der Waals surface area (Å²) in [6.07, 6.45) is 10.6. The van der Waals surface area contributed by atoms with Gasteiger partial charge in [0.25, 0.3) is 5.91 Å². The molecule has 1 saturated carbocycles. The molecule has 1 amide bonds. The summed E-state index contributed by atoms with van der Waals surface area (Å²) >= 11 is 6.39. The zero-order valence-electron chi connectivity index (χ0n) is 31.7. The van der Waals surface area contributed by atoms with Gasteiger partial charge in [-0.25, -0.2) is 13.1 Å². The number of carbonyl (C=O) groups is 2. The summed E-state index contributed by atoms with van der Waals surface area (Å²) in [5, 5.41) is 3.24. The molecule has 53 heavy (non-hydrogen) atoms. The third kappa shape index (κ3) is 8.80. The molecule has 2 unspecified atom stereocenters. The lowest BCUT2D eigenvalue weighted by Gasteiger charge is -2.55. The van der Waals surface area contributed by atoms with Gasteiger partial charge >= 0.3 is 0 Å². The van der Waals surface area contributed by atoms with Crippen LogP contribution in [-0.4, -0.2) is 88.8 Å². The van der Waals surface area contributed by atoms with Gasteiger partial charge in [-0.1, -0.05) is 37.6 Å². The SMILES string of the molecule is CO[C@]1(C=O)/C=C/C[C@H](C)[C@@H](CCC(C)N2CCNCC2)S(=O)(=O)NC(=O)c2ccc3c(c2)N(CCCCc2cc(Cl)ccc2CO3)CC2(C)CC[C@H]21. The van der Waals surface area contributed by atoms with Gasteiger partial charge in [-0.15, -0.1) is 0 Å². The number of methoxy groups -OCH3 is 1. The number of fused-ring (bicyclic) bond motifs is 3. The summed E-state index contributed by atoms with van der Waals surface area (Å²) in [5.41, 5.74) is 1.74. The quantitative estimate of drug-likeness (QED) is 0.263. The van der Waals surface area contributed by atoms with Gasteiger partial charge < -0.3 is 19.7 Å². The van der Waals surface area contributed by atoms with Crippen LogP contribution in [0.2, 0.25) is 5.02 Å². The van der Waals surface area contributed by atoms with Gasteiger partial charge in [-0.2, -0.15) is 0 Å². The number of anilines is 1. The lowest BCUT2D eigenvalue weighted by Crippen LogP contribution is -2.58. The molecule has 6 rings (SSSR count). The first-order valence-electron chi connectivity index (χ1n) is 19.4. The van der Waals surface area contributed by atoms with Crippen molar-refractivity contribution >= 4 is 39.5 Å². The molecule has 0 spiro atoms. The lowest BCUT2D eigenvalue weighted by molar-refractivity contribution is -0.145. The van der Waals surface area contributed by atoms with Crippen molar-refractivity contribution in [2.45, 2.75) is 95.6 Å². The summed E-state index contributed by atoms with van der Waals surface area (Å²) in [6.45, 7) is 11.5. The maximum atomic E-state index is 14.2. The van der Waals surface area contributed by atoms with Crippen molar-refractivity contribution in [2.24, 2.45) is 17.3 Å². The number of benzene rings is 2. The fourth-order valence-corrected chi connectivity index (χ4v) is 11.0. The minimum Gasteiger partial charge on any atom is -0.487 e. The van der Waals surface area contributed by atoms with Crippen molar-refractivity contribution in [1.29, 1.82) is 0 Å². The van der Waals surface area contributed by atoms with Crippen molar-refractivity contribution in [3.63, 3.8) is 0 Å². The van der Waals surface area contributed by atoms with Crippen LogP contribution in [0.15, 0.2) is 48.6 Å². The number of aryl methyl sites for hydroxylation is 1. The molecular formula is C41H57ClN4O6S. The van der Waals surface area contributed by atoms with Crippen molar-refractivity contribution in [3.05, 3.63) is 70.3 Å². The molecule has 2 bridgehead atoms. The Kier molecular flexibility index (Phi) is 12.6. The number of carbonyl (C=O) groups excluding carboxylic acids is 2. The van der Waals surface area contributed by atoms with E-state index in [-0.39, 0.29) is 28.9 Å². The van der Waals surface area contributed by atoms with Crippen molar-refractivity contribution in [2.75, 3.05) is 51.3 Å². The van der Waals surface area contributed by atoms with E-state index in [0.29, 0.717) is 49.7 Å². The lowest BCUT2D eigenvalue weighted by atomic mass is 9.55. The van der Waals surface area contributed by atoms with Gasteiger partial charge in [0.1, 0.15) is 18.0 Å². The maximum Gasteiger partial charge on any atom is 0.264 e. The number of aldehydes is 1. The maximum absolute atomic E-state index is 14.2. The molecule has 4 aliphatic rings. The third-order valence-corrected chi connectivity index (χ3v) is 14.7. The Labute approximate surface area is 321 Å². The van der Waals surface area contributed by atoms with Gasteiger partial charge in [0.05, 0.1) is 10.9 Å². The molecule has 2 aromatic carbocycles. The van der Waals surface area contributed by atoms with Crippen LogP contribution < -0.4 is 19.7 Å². The molecule has 3 heterocycles. The summed E-state index contributed by atoms with van der Waals surface area (Å²) < 4.78 is 43.6. The highest BCUT2D eigenvalue weighted by Gasteiger charge is 2.54. The Morgan fingerprint density at radius 1 is 1.11 bits per heavy atom. The van der Waals surface area contributed by atoms with E-state index in [1.54, 1.807) is 25.3 Å². The van der Waals surface area contributed by atoms with Crippen LogP contribution in [-0.2, 0) is 32.6 Å². The standard InChI is InChI=1S/C41H57ClN4O6S/c1-29-8-7-17-41(28-47,51-4)38-16-18-40(38,3)27-46-21-6-5-9-31-24-34(42)13-11-33(31)26-52-36-14-12-32(25-35(36)46)39(48)44-53(49,50)37(29)15-10-30(2)45-22-19-43-20-23-45/h7,11-14,17,24-25,28-30,37-38,43H,5-6,8-10,15-16,18-23,26-27H2,1-4H3,(H,44,48)/b17-7+/t29-,30?,37+,38+,40?,41-/m0/s1. The molecule has 10 nitrogen and oxygen atoms in total. The van der Waals surface area contributed by atoms with Crippen molar-refractivity contribution in [1.82, 2.24) is 14.9 Å². The minimum absolute atomic E-state index is 0.100. The van der Waals surface area contributed by atoms with E-state index < -0.39 is 26.8 Å². The molecular weight excluding hydrogens is 712 g/mol. The summed E-state index contributed by atoms with van der Waals surface area (Å²) in [7, 11) is -2.51. The number of hydrogen-bond donors (Lipinski definition) is 2. The zero-order chi connectivity index (χ0) is 37.8. The Hall–Kier alpha value is -2.96. The Balaban J connectivity index is 1.39. The number of piperazine rings is 1. The number of ether oxygens (including phenoxy) is 2. The minimum atomic E-state index is -4.10. The molecule has 0 radical (unpaired) electrons. The van der Waals surface area contributed by atoms with Crippen LogP contribution in [0, 0.1) is 17.3 Å². The molecule has 2 aromatic rings. The average molecular weight is 769 g/mol. The number of rotatable bonds is 6. The average Bonchev–Trinajstić information content (AvgIpc) is 3.17. The first-order valence-corrected chi connectivity index (χ1v) is 21.3. The first-order chi connectivity index (χ1) is 25.4. The number of amides is 1. The van der Waals surface area contributed by atoms with Crippen molar-refractivity contribution in [3.8, 4) is 5.75 Å². The fourth-order valence-electron chi connectivity index (χ4n) is 9.07. The second kappa shape index (κ2) is 16.8. The van der Waals surface area contributed by atoms with E-state index in [4.69, 9.17) is 21.1 Å². The van der Waals surface area contributed by atoms with Gasteiger partial charge in [0.15, 0.2) is 6.29 Å². The number of hydrogen-bond acceptors (Lipinski definition) is 9. The number of sulfonamides is 1. The van der Waals surface area contributed by atoms with E-state index in [0.717, 1.165) is 81.4 Å². The van der Waals surface area contributed by atoms with Gasteiger partial charge in [0.2, 0.25) is 10.0 Å². The first kappa shape index (κ1) is 39.7.